The zero-order valence-corrected chi connectivity index (χ0v) is 73.3. The topological polar surface area (TPSA) is 761 Å². The Bertz CT molecular complexity index is 6890. The number of aliphatic hydroxyl groups excluding tert-OH is 4. The van der Waals surface area contributed by atoms with Gasteiger partial charge >= 0.3 is 6.72 Å². The minimum Gasteiger partial charge on any atom is -0.387 e. The molecule has 21 rings (SSSR count). The summed E-state index contributed by atoms with van der Waals surface area (Å²) in [5.41, 5.74) is 18.5. The van der Waals surface area contributed by atoms with Crippen molar-refractivity contribution in [3.8, 4) is 0 Å². The first-order valence-corrected chi connectivity index (χ1v) is 46.9. The van der Waals surface area contributed by atoms with E-state index in [9.17, 15) is 62.5 Å². The van der Waals surface area contributed by atoms with Crippen LogP contribution in [0.25, 0.3) is 67.0 Å². The molecule has 0 amide bonds. The number of aryl methyl sites for hydroxylation is 3. The second kappa shape index (κ2) is 36.7. The molecule has 0 spiro atoms. The Balaban J connectivity index is 0.000000131. The number of aliphatic hydroxyl groups is 4. The second-order valence-electron chi connectivity index (χ2n) is 30.0. The molecule has 0 saturated carbocycles. The number of hydrogen-bond donors (Lipinski definition) is 11. The molecule has 0 radical (unpaired) electrons. The van der Waals surface area contributed by atoms with Gasteiger partial charge < -0.3 is 163 Å². The van der Waals surface area contributed by atoms with Gasteiger partial charge in [0.15, 0.2) is 111 Å². The molecule has 0 aliphatic carbocycles. The van der Waals surface area contributed by atoms with Gasteiger partial charge in [-0.05, 0) is 32.6 Å². The number of anilines is 3. The predicted molar refractivity (Wildman–Crippen MR) is 480 cm³/mol. The molecule has 0 aromatic carbocycles. The lowest BCUT2D eigenvalue weighted by Gasteiger charge is -2.31. The molecule has 12 aromatic heterocycles. The molecule has 30 atom stereocenters. The second-order valence-corrected chi connectivity index (χ2v) is 37.3. The van der Waals surface area contributed by atoms with E-state index >= 15 is 4.39 Å². The molecule has 72 heteroatoms. The Morgan fingerprint density at radius 2 is 0.654 bits per heavy atom. The van der Waals surface area contributed by atoms with Gasteiger partial charge in [0.1, 0.15) is 194 Å². The Hall–Kier alpha value is -8.81. The first-order valence-electron chi connectivity index (χ1n) is 38.8. The van der Waals surface area contributed by atoms with E-state index < -0.39 is 253 Å². The smallest absolute Gasteiger partial charge is 0.325 e. The molecule has 59 nitrogen and oxygen atoms in total. The van der Waals surface area contributed by atoms with Crippen LogP contribution in [0.3, 0.4) is 0 Å². The Morgan fingerprint density at radius 1 is 0.375 bits per heavy atom. The van der Waals surface area contributed by atoms with E-state index in [-0.39, 0.29) is 106 Å². The Morgan fingerprint density at radius 3 is 1.02 bits per heavy atom. The van der Waals surface area contributed by atoms with Crippen LogP contribution in [-0.4, -0.2) is 337 Å². The van der Waals surface area contributed by atoms with Crippen molar-refractivity contribution < 1.29 is 140 Å². The number of fused-ring (bicyclic) bond motifs is 15. The van der Waals surface area contributed by atoms with Crippen LogP contribution in [-0.2, 0) is 122 Å². The molecule has 9 aliphatic heterocycles. The van der Waals surface area contributed by atoms with Gasteiger partial charge in [0.25, 0.3) is 16.7 Å². The number of rotatable bonds is 7. The van der Waals surface area contributed by atoms with Crippen molar-refractivity contribution in [1.82, 2.24) is 117 Å². The molecular formula is C64H86B5FN27O32P6S-5. The lowest BCUT2D eigenvalue weighted by Crippen LogP contribution is -2.37. The van der Waals surface area contributed by atoms with Crippen molar-refractivity contribution in [3.05, 3.63) is 105 Å². The summed E-state index contributed by atoms with van der Waals surface area (Å²) < 4.78 is 206. The summed E-state index contributed by atoms with van der Waals surface area (Å²) in [6, 6.07) is 0. The third-order valence-electron chi connectivity index (χ3n) is 21.9. The number of alkyl halides is 1. The highest BCUT2D eigenvalue weighted by molar-refractivity contribution is 8.07. The van der Waals surface area contributed by atoms with E-state index in [1.165, 1.54) is 91.5 Å². The van der Waals surface area contributed by atoms with E-state index in [0.29, 0.717) is 28.5 Å². The quantitative estimate of drug-likeness (QED) is 0.0522. The fraction of sp³-hybridized carbons (Fsp3) is 0.531. The van der Waals surface area contributed by atoms with Crippen LogP contribution in [0.15, 0.2) is 71.3 Å². The monoisotopic (exact) mass is 2040 g/mol. The predicted octanol–water partition coefficient (Wildman–Crippen LogP) is -6.23. The molecule has 732 valence electrons. The van der Waals surface area contributed by atoms with Crippen molar-refractivity contribution >= 4 is 178 Å². The standard InChI is InChI=1S/C22H28BFN9O10P2S.2C21H29B2N9O11P2/c1-8-30-19-13(20(34)31-8)29-7-33(19)22-16-15(37-2)10(41-22)3-38-44(23,35)42-14-9(4-39-45(36,46)43-16)40-21(11(14)24)32-6-28-12-17(25)26-5-27-18(12)32;2*1-7-29-18-11(19(35)30-7)28-6-32(18)21-15-12(33)8(40-21)2-38-44(22,36)42-14-9(3-39-45(23,37)43-15)41-20(13(14)34)31-5-27-10-16(24)25-4-26-17(10)31/h5-7,9-11,14-16,21-22H,3-4H2,1-2,23H3,(H,36,46)(H2,25,26,27)(H,30,31,34);2*4-6,8-9,12-15,20-21,33-34H,2-3H2,1,22-23H3,(H2,24,25,26)(H,29,30,35)/q-1;2*-2/t9?,10?,11?,14?,15?,16?,21?,22?,44-,45?;2*8?,9?,12?,13?,14?,15?,20?,21?,44-,45-/m110/s1. The molecule has 21 heterocycles. The van der Waals surface area contributed by atoms with E-state index in [2.05, 4.69) is 89.7 Å². The summed E-state index contributed by atoms with van der Waals surface area (Å²) in [6.07, 6.45) is -17.7. The van der Waals surface area contributed by atoms with Crippen LogP contribution < -0.4 is 33.9 Å². The highest BCUT2D eigenvalue weighted by Crippen LogP contribution is 2.59. The fourth-order valence-corrected chi connectivity index (χ4v) is 21.2. The van der Waals surface area contributed by atoms with Crippen LogP contribution in [0.5, 0.6) is 0 Å². The van der Waals surface area contributed by atoms with E-state index in [1.807, 2.05) is 0 Å². The lowest BCUT2D eigenvalue weighted by molar-refractivity contribution is -0.0592. The third kappa shape index (κ3) is 18.5. The molecule has 6 bridgehead atoms. The van der Waals surface area contributed by atoms with Crippen molar-refractivity contribution in [2.45, 2.75) is 168 Å². The van der Waals surface area contributed by atoms with Crippen LogP contribution >= 0.6 is 44.1 Å². The first kappa shape index (κ1) is 96.1. The van der Waals surface area contributed by atoms with Crippen LogP contribution in [0, 0.1) is 20.8 Å². The molecule has 25 unspecified atom stereocenters. The third-order valence-corrected chi connectivity index (χ3v) is 27.4. The number of nitrogens with two attached hydrogens (primary N) is 3. The zero-order valence-electron chi connectivity index (χ0n) is 67.1. The van der Waals surface area contributed by atoms with Crippen molar-refractivity contribution in [2.24, 2.45) is 0 Å². The maximum atomic E-state index is 16.1. The van der Waals surface area contributed by atoms with Gasteiger partial charge in [-0.3, -0.25) is 46.3 Å². The van der Waals surface area contributed by atoms with Crippen molar-refractivity contribution in [3.63, 3.8) is 0 Å². The molecular weight excluding hydrogens is 1950 g/mol. The number of nitrogen functional groups attached to an aromatic ring is 3. The maximum absolute atomic E-state index is 16.1. The number of H-pyrrole nitrogens is 3. The maximum Gasteiger partial charge on any atom is 0.325 e. The number of aromatic amines is 3. The molecule has 9 saturated heterocycles. The van der Waals surface area contributed by atoms with E-state index in [4.69, 9.17) is 116 Å². The summed E-state index contributed by atoms with van der Waals surface area (Å²) in [7, 11) is -23.3. The summed E-state index contributed by atoms with van der Waals surface area (Å²) in [5.74, 6) is 1.31. The van der Waals surface area contributed by atoms with Crippen LogP contribution in [0.1, 0.15) is 54.8 Å². The number of halogens is 1. The fourth-order valence-electron chi connectivity index (χ4n) is 16.0. The molecule has 9 aliphatic rings. The summed E-state index contributed by atoms with van der Waals surface area (Å²) >= 11 is 5.37. The summed E-state index contributed by atoms with van der Waals surface area (Å²) in [5, 5.41) is 45.2. The Labute approximate surface area is 769 Å². The highest BCUT2D eigenvalue weighted by atomic mass is 32.5. The summed E-state index contributed by atoms with van der Waals surface area (Å²) in [6.45, 7) is -1.67. The van der Waals surface area contributed by atoms with Crippen molar-refractivity contribution in [2.75, 3.05) is 64.0 Å². The van der Waals surface area contributed by atoms with Gasteiger partial charge in [-0.15, -0.1) is 0 Å². The highest BCUT2D eigenvalue weighted by Gasteiger charge is 2.57. The number of aromatic nitrogens is 24. The lowest BCUT2D eigenvalue weighted by atomic mass is 10.1. The molecule has 14 N–H and O–H groups in total. The van der Waals surface area contributed by atoms with Gasteiger partial charge in [-0.1, -0.05) is 0 Å². The Kier molecular flexibility index (Phi) is 25.9. The molecule has 136 heavy (non-hydrogen) atoms. The van der Waals surface area contributed by atoms with Gasteiger partial charge in [0, 0.05) is 7.11 Å². The number of ether oxygens (including phenoxy) is 7. The van der Waals surface area contributed by atoms with Gasteiger partial charge in [-0.25, -0.2) is 79.2 Å². The normalized spacial score (nSPS) is 37.5. The van der Waals surface area contributed by atoms with Crippen molar-refractivity contribution in [1.29, 1.82) is 0 Å². The largest absolute Gasteiger partial charge is 0.387 e. The number of imidazole rings is 6. The number of nitrogens with zero attached hydrogens (tertiary/aromatic N) is 21. The average molecular weight is 2040 g/mol. The SMILES string of the molecule is [BH3-][P@@]1(=O)OCC2OC(n3cnc4c(=O)[nH]c(C)nc43)C(OP(O)(=S)OCC3OC(n4cnc5c(N)ncnc54)C(F)C3O1)C2OC.[BH3-][P@@]1(=O)OCC2OC(n3cnc4c(=O)[nH]c(C)nc43)C(O[P@]([BH3-])(=O)OCC3OC(n4cnc5c(N)ncnc54)C(O)C3O1)C2O.[BH3-][P@]1(=O)OCC2OC(n3cnc4c(=O)[nH]c(C)nc43)C(O[P@@]([BH3-])(=O)OCC3OC(n4cnc5c(N)ncnc54)C(O)C3O1)C2O. The van der Waals surface area contributed by atoms with Gasteiger partial charge in [0.2, 0.25) is 0 Å². The summed E-state index contributed by atoms with van der Waals surface area (Å²) in [4.78, 5) is 119. The van der Waals surface area contributed by atoms with Crippen LogP contribution in [0.2, 0.25) is 0 Å². The van der Waals surface area contributed by atoms with Gasteiger partial charge in [0.05, 0.1) is 115 Å². The van der Waals surface area contributed by atoms with Gasteiger partial charge in [-0.2, -0.15) is 0 Å². The van der Waals surface area contributed by atoms with E-state index in [1.54, 1.807) is 20.8 Å². The number of methoxy groups -OCH3 is 1. The number of hydrogen-bond acceptors (Lipinski definition) is 50. The first-order chi connectivity index (χ1) is 64.5. The zero-order chi connectivity index (χ0) is 96.2. The molecule has 12 aromatic rings. The number of nitrogens with one attached hydrogen (secondary N) is 3. The average Bonchev–Trinajstić information content (AvgIpc) is 1.62. The van der Waals surface area contributed by atoms with Crippen LogP contribution in [0.4, 0.5) is 21.8 Å². The minimum atomic E-state index is -4.15. The van der Waals surface area contributed by atoms with E-state index in [0.717, 1.165) is 0 Å². The minimum absolute atomic E-state index is 0.0314. The molecule has 9 fully saturated rings.